The number of carbonyl (C=O) groups is 2. The summed E-state index contributed by atoms with van der Waals surface area (Å²) in [6.07, 6.45) is -1.11. The number of hydrogen-bond donors (Lipinski definition) is 4. The number of carboxylic acid groups (broad SMARTS) is 2. The maximum Gasteiger partial charge on any atom is 0.324 e. The van der Waals surface area contributed by atoms with Crippen molar-refractivity contribution in [3.05, 3.63) is 29.0 Å². The molecule has 0 aliphatic heterocycles. The van der Waals surface area contributed by atoms with E-state index >= 15 is 0 Å². The molecule has 0 heterocycles. The number of thioether (sulfide) groups is 1. The summed E-state index contributed by atoms with van der Waals surface area (Å²) in [7, 11) is 0. The fourth-order valence-electron chi connectivity index (χ4n) is 3.78. The molecule has 2 aliphatic rings. The molecule has 2 saturated carbocycles. The zero-order valence-electron chi connectivity index (χ0n) is 12.6. The predicted molar refractivity (Wildman–Crippen MR) is 91.5 cm³/mol. The van der Waals surface area contributed by atoms with Crippen molar-refractivity contribution < 1.29 is 29.3 Å². The highest BCUT2D eigenvalue weighted by Crippen LogP contribution is 2.64. The largest absolute Gasteiger partial charge is 0.481 e. The van der Waals surface area contributed by atoms with Crippen LogP contribution in [0.4, 0.5) is 4.39 Å². The molecule has 6 nitrogen and oxygen atoms in total. The highest BCUT2D eigenvalue weighted by Gasteiger charge is 2.77. The third-order valence-electron chi connectivity index (χ3n) is 5.02. The van der Waals surface area contributed by atoms with Crippen molar-refractivity contribution in [2.24, 2.45) is 29.4 Å². The van der Waals surface area contributed by atoms with Crippen molar-refractivity contribution in [3.63, 3.8) is 0 Å². The van der Waals surface area contributed by atoms with E-state index in [-0.39, 0.29) is 23.2 Å². The van der Waals surface area contributed by atoms with Crippen molar-refractivity contribution in [3.8, 4) is 0 Å². The monoisotopic (exact) mass is 411 g/mol. The first-order valence-electron chi connectivity index (χ1n) is 7.20. The topological polar surface area (TPSA) is 121 Å². The van der Waals surface area contributed by atoms with Crippen LogP contribution in [0.15, 0.2) is 23.1 Å². The molecule has 3 rings (SSSR count). The molecule has 2 fully saturated rings. The van der Waals surface area contributed by atoms with Gasteiger partial charge in [0.05, 0.1) is 17.0 Å². The smallest absolute Gasteiger partial charge is 0.324 e. The number of nitrogens with two attached hydrogens (primary N) is 1. The SMILES string of the molecule is Cl.N[C@]1(C(=O)O)[C@@H]2[C@@H](C(=O)O)[C@@H]2[C@H](O)[C@H]1CSc1ccc(F)c(Cl)c1. The van der Waals surface area contributed by atoms with Gasteiger partial charge in [0.15, 0.2) is 0 Å². The van der Waals surface area contributed by atoms with E-state index in [1.807, 2.05) is 0 Å². The molecule has 2 aliphatic carbocycles. The van der Waals surface area contributed by atoms with Gasteiger partial charge in [0.2, 0.25) is 0 Å². The number of aliphatic hydroxyl groups is 1. The predicted octanol–water partition coefficient (Wildman–Crippen LogP) is 1.71. The molecule has 1 aromatic carbocycles. The van der Waals surface area contributed by atoms with Crippen LogP contribution >= 0.6 is 35.8 Å². The lowest BCUT2D eigenvalue weighted by atomic mass is 9.81. The summed E-state index contributed by atoms with van der Waals surface area (Å²) in [6.45, 7) is 0. The van der Waals surface area contributed by atoms with E-state index in [9.17, 15) is 24.2 Å². The molecule has 0 aromatic heterocycles. The molecule has 1 aromatic rings. The van der Waals surface area contributed by atoms with E-state index in [4.69, 9.17) is 22.4 Å². The van der Waals surface area contributed by atoms with Gasteiger partial charge in [0.25, 0.3) is 0 Å². The Balaban J connectivity index is 0.00000225. The zero-order chi connectivity index (χ0) is 17.8. The Kier molecular flexibility index (Phi) is 5.61. The van der Waals surface area contributed by atoms with Crippen LogP contribution < -0.4 is 5.73 Å². The number of rotatable bonds is 5. The minimum absolute atomic E-state index is 0. The summed E-state index contributed by atoms with van der Waals surface area (Å²) >= 11 is 6.90. The maximum atomic E-state index is 13.2. The first-order valence-corrected chi connectivity index (χ1v) is 8.57. The first-order chi connectivity index (χ1) is 11.2. The molecule has 0 unspecified atom stereocenters. The zero-order valence-corrected chi connectivity index (χ0v) is 15.0. The summed E-state index contributed by atoms with van der Waals surface area (Å²) < 4.78 is 13.2. The van der Waals surface area contributed by atoms with Crippen molar-refractivity contribution in [1.29, 1.82) is 0 Å². The third-order valence-corrected chi connectivity index (χ3v) is 6.43. The molecular weight excluding hydrogens is 396 g/mol. The average molecular weight is 412 g/mol. The summed E-state index contributed by atoms with van der Waals surface area (Å²) in [6, 6.07) is 4.09. The maximum absolute atomic E-state index is 13.2. The molecule has 6 atom stereocenters. The van der Waals surface area contributed by atoms with E-state index in [2.05, 4.69) is 0 Å². The second-order valence-corrected chi connectivity index (χ2v) is 7.69. The molecule has 138 valence electrons. The highest BCUT2D eigenvalue weighted by molar-refractivity contribution is 7.99. The van der Waals surface area contributed by atoms with Gasteiger partial charge in [0.1, 0.15) is 11.4 Å². The molecule has 0 saturated heterocycles. The third kappa shape index (κ3) is 3.10. The fraction of sp³-hybridized carbons (Fsp3) is 0.467. The molecular formula is C15H16Cl2FNO5S. The van der Waals surface area contributed by atoms with Crippen molar-refractivity contribution in [1.82, 2.24) is 0 Å². The number of carboxylic acids is 2. The van der Waals surface area contributed by atoms with Gasteiger partial charge in [-0.1, -0.05) is 11.6 Å². The Bertz CT molecular complexity index is 723. The van der Waals surface area contributed by atoms with Crippen LogP contribution in [-0.2, 0) is 9.59 Å². The van der Waals surface area contributed by atoms with Crippen LogP contribution in [0.5, 0.6) is 0 Å². The average Bonchev–Trinajstić information content (AvgIpc) is 3.21. The quantitative estimate of drug-likeness (QED) is 0.544. The van der Waals surface area contributed by atoms with Gasteiger partial charge in [-0.25, -0.2) is 4.39 Å². The highest BCUT2D eigenvalue weighted by atomic mass is 35.5. The van der Waals surface area contributed by atoms with Crippen LogP contribution in [0.1, 0.15) is 0 Å². The van der Waals surface area contributed by atoms with Gasteiger partial charge in [-0.15, -0.1) is 24.2 Å². The van der Waals surface area contributed by atoms with E-state index in [1.165, 1.54) is 30.0 Å². The lowest BCUT2D eigenvalue weighted by Gasteiger charge is -2.32. The van der Waals surface area contributed by atoms with Crippen LogP contribution in [0.2, 0.25) is 5.02 Å². The molecule has 0 spiro atoms. The Morgan fingerprint density at radius 1 is 1.36 bits per heavy atom. The minimum atomic E-state index is -1.80. The van der Waals surface area contributed by atoms with E-state index < -0.39 is 53.1 Å². The second-order valence-electron chi connectivity index (χ2n) is 6.19. The van der Waals surface area contributed by atoms with Crippen molar-refractivity contribution in [2.45, 2.75) is 16.5 Å². The lowest BCUT2D eigenvalue weighted by molar-refractivity contribution is -0.148. The van der Waals surface area contributed by atoms with Crippen LogP contribution in [0, 0.1) is 29.5 Å². The van der Waals surface area contributed by atoms with Crippen molar-refractivity contribution in [2.75, 3.05) is 5.75 Å². The minimum Gasteiger partial charge on any atom is -0.481 e. The molecule has 0 bridgehead atoms. The number of aliphatic hydroxyl groups excluding tert-OH is 1. The van der Waals surface area contributed by atoms with Crippen LogP contribution in [-0.4, -0.2) is 44.7 Å². The summed E-state index contributed by atoms with van der Waals surface area (Å²) in [5.41, 5.74) is 4.24. The number of halogens is 3. The van der Waals surface area contributed by atoms with Crippen molar-refractivity contribution >= 4 is 47.7 Å². The molecule has 0 amide bonds. The van der Waals surface area contributed by atoms with Gasteiger partial charge in [0, 0.05) is 28.4 Å². The number of fused-ring (bicyclic) bond motifs is 1. The van der Waals surface area contributed by atoms with Gasteiger partial charge >= 0.3 is 11.9 Å². The van der Waals surface area contributed by atoms with Gasteiger partial charge in [-0.3, -0.25) is 9.59 Å². The number of aliphatic carboxylic acids is 2. The van der Waals surface area contributed by atoms with Crippen LogP contribution in [0.25, 0.3) is 0 Å². The van der Waals surface area contributed by atoms with Gasteiger partial charge < -0.3 is 21.1 Å². The summed E-state index contributed by atoms with van der Waals surface area (Å²) in [5.74, 6) is -6.04. The number of benzene rings is 1. The fourth-order valence-corrected chi connectivity index (χ4v) is 5.24. The van der Waals surface area contributed by atoms with E-state index in [0.717, 1.165) is 0 Å². The summed E-state index contributed by atoms with van der Waals surface area (Å²) in [4.78, 5) is 23.5. The van der Waals surface area contributed by atoms with E-state index in [0.29, 0.717) is 4.90 Å². The normalized spacial score (nSPS) is 35.6. The molecule has 5 N–H and O–H groups in total. The lowest BCUT2D eigenvalue weighted by Crippen LogP contribution is -2.58. The number of hydrogen-bond acceptors (Lipinski definition) is 5. The Morgan fingerprint density at radius 3 is 2.52 bits per heavy atom. The van der Waals surface area contributed by atoms with Gasteiger partial charge in [-0.05, 0) is 18.2 Å². The van der Waals surface area contributed by atoms with Crippen LogP contribution in [0.3, 0.4) is 0 Å². The Morgan fingerprint density at radius 2 is 2.00 bits per heavy atom. The molecule has 10 heteroatoms. The molecule has 0 radical (unpaired) electrons. The van der Waals surface area contributed by atoms with Gasteiger partial charge in [-0.2, -0.15) is 0 Å². The second kappa shape index (κ2) is 6.92. The Hall–Kier alpha value is -1.06. The van der Waals surface area contributed by atoms with E-state index in [1.54, 1.807) is 0 Å². The molecule has 25 heavy (non-hydrogen) atoms. The first kappa shape index (κ1) is 20.3. The Labute approximate surface area is 157 Å². The summed E-state index contributed by atoms with van der Waals surface area (Å²) in [5, 5.41) is 29.0. The standard InChI is InChI=1S/C15H15ClFNO5S.ClH/c16-7-3-5(1-2-8(7)17)24-4-6-12(19)9-10(13(20)21)11(9)15(6,18)14(22)23;/h1-3,6,9-12,19H,4,18H2,(H,20,21)(H,22,23);1H/t6-,9+,10+,11+,12-,15+;/m1./s1.